The Balaban J connectivity index is 1.66. The van der Waals surface area contributed by atoms with Crippen molar-refractivity contribution in [3.05, 3.63) is 89.3 Å². The zero-order valence-corrected chi connectivity index (χ0v) is 17.4. The molecule has 7 heteroatoms. The van der Waals surface area contributed by atoms with Crippen molar-refractivity contribution < 1.29 is 9.90 Å². The second kappa shape index (κ2) is 7.95. The Hall–Kier alpha value is -4.13. The number of hydrogen-bond acceptors (Lipinski definition) is 5. The van der Waals surface area contributed by atoms with E-state index < -0.39 is 6.03 Å². The molecular weight excluding hydrogens is 390 g/mol. The molecule has 1 aliphatic rings. The average Bonchev–Trinajstić information content (AvgIpc) is 2.75. The maximum Gasteiger partial charge on any atom is 0.347 e. The van der Waals surface area contributed by atoms with Crippen molar-refractivity contribution in [2.75, 3.05) is 5.01 Å². The first-order chi connectivity index (χ1) is 14.8. The quantitative estimate of drug-likeness (QED) is 0.602. The van der Waals surface area contributed by atoms with Crippen molar-refractivity contribution in [2.45, 2.75) is 20.3 Å². The number of anilines is 1. The molecule has 0 unspecified atom stereocenters. The van der Waals surface area contributed by atoms with Crippen molar-refractivity contribution in [3.63, 3.8) is 0 Å². The van der Waals surface area contributed by atoms with Gasteiger partial charge in [-0.15, -0.1) is 5.10 Å². The summed E-state index contributed by atoms with van der Waals surface area (Å²) in [6.45, 7) is 7.63. The van der Waals surface area contributed by atoms with E-state index in [0.717, 1.165) is 27.9 Å². The SMILES string of the molecule is C=C1NC(=O)N(c2cc(C)c(Cc3ccc(O)c(-c4ccccc4)n3)c(C)c2)N=C1N. The number of urea groups is 1. The summed E-state index contributed by atoms with van der Waals surface area (Å²) in [5.41, 5.74) is 12.1. The normalized spacial score (nSPS) is 13.7. The van der Waals surface area contributed by atoms with Crippen molar-refractivity contribution in [2.24, 2.45) is 10.8 Å². The van der Waals surface area contributed by atoms with Crippen molar-refractivity contribution in [3.8, 4) is 17.0 Å². The number of nitrogens with one attached hydrogen (secondary N) is 1. The molecule has 4 N–H and O–H groups in total. The highest BCUT2D eigenvalue weighted by Crippen LogP contribution is 2.30. The van der Waals surface area contributed by atoms with Crippen LogP contribution in [0.4, 0.5) is 10.5 Å². The number of nitrogens with two attached hydrogens (primary N) is 1. The largest absolute Gasteiger partial charge is 0.506 e. The number of aryl methyl sites for hydroxylation is 2. The van der Waals surface area contributed by atoms with Gasteiger partial charge in [-0.1, -0.05) is 36.9 Å². The molecule has 3 aromatic rings. The fourth-order valence-electron chi connectivity index (χ4n) is 3.59. The molecule has 2 amide bonds. The molecule has 0 atom stereocenters. The summed E-state index contributed by atoms with van der Waals surface area (Å²) in [7, 11) is 0. The number of benzene rings is 2. The molecule has 0 spiro atoms. The maximum absolute atomic E-state index is 12.3. The first-order valence-corrected chi connectivity index (χ1v) is 9.82. The highest BCUT2D eigenvalue weighted by atomic mass is 16.3. The van der Waals surface area contributed by atoms with Crippen molar-refractivity contribution in [1.29, 1.82) is 0 Å². The van der Waals surface area contributed by atoms with E-state index in [9.17, 15) is 9.90 Å². The Morgan fingerprint density at radius 2 is 1.77 bits per heavy atom. The lowest BCUT2D eigenvalue weighted by atomic mass is 9.97. The molecule has 0 aliphatic carbocycles. The fraction of sp³-hybridized carbons (Fsp3) is 0.125. The molecule has 0 fully saturated rings. The number of nitrogens with zero attached hydrogens (tertiary/aromatic N) is 3. The van der Waals surface area contributed by atoms with Crippen LogP contribution in [0.1, 0.15) is 22.4 Å². The van der Waals surface area contributed by atoms with Gasteiger partial charge in [0.1, 0.15) is 11.4 Å². The Kier molecular flexibility index (Phi) is 5.17. The molecule has 0 bridgehead atoms. The number of carbonyl (C=O) groups is 1. The molecule has 0 radical (unpaired) electrons. The first-order valence-electron chi connectivity index (χ1n) is 9.82. The van der Waals surface area contributed by atoms with Crippen LogP contribution in [0.25, 0.3) is 11.3 Å². The number of hydrazone groups is 1. The summed E-state index contributed by atoms with van der Waals surface area (Å²) >= 11 is 0. The molecule has 1 aromatic heterocycles. The van der Waals surface area contributed by atoms with Crippen LogP contribution in [0.15, 0.2) is 72.0 Å². The lowest BCUT2D eigenvalue weighted by molar-refractivity contribution is 0.248. The number of aromatic nitrogens is 1. The van der Waals surface area contributed by atoms with Gasteiger partial charge >= 0.3 is 6.03 Å². The smallest absolute Gasteiger partial charge is 0.347 e. The minimum Gasteiger partial charge on any atom is -0.506 e. The van der Waals surface area contributed by atoms with E-state index in [2.05, 4.69) is 17.0 Å². The number of aromatic hydroxyl groups is 1. The predicted molar refractivity (Wildman–Crippen MR) is 122 cm³/mol. The third-order valence-electron chi connectivity index (χ3n) is 5.23. The summed E-state index contributed by atoms with van der Waals surface area (Å²) in [4.78, 5) is 17.0. The topological polar surface area (TPSA) is 104 Å². The van der Waals surface area contributed by atoms with E-state index in [1.807, 2.05) is 62.4 Å². The monoisotopic (exact) mass is 413 g/mol. The van der Waals surface area contributed by atoms with Gasteiger partial charge in [-0.3, -0.25) is 0 Å². The van der Waals surface area contributed by atoms with Crippen LogP contribution >= 0.6 is 0 Å². The summed E-state index contributed by atoms with van der Waals surface area (Å²) in [6, 6.07) is 16.5. The molecule has 2 heterocycles. The summed E-state index contributed by atoms with van der Waals surface area (Å²) in [5, 5.41) is 18.3. The molecule has 4 rings (SSSR count). The summed E-state index contributed by atoms with van der Waals surface area (Å²) in [6.07, 6.45) is 0.590. The zero-order chi connectivity index (χ0) is 22.1. The lowest BCUT2D eigenvalue weighted by Gasteiger charge is -2.25. The number of rotatable bonds is 4. The highest BCUT2D eigenvalue weighted by Gasteiger charge is 2.24. The number of hydrogen-bond donors (Lipinski definition) is 3. The van der Waals surface area contributed by atoms with Gasteiger partial charge in [0.15, 0.2) is 5.84 Å². The maximum atomic E-state index is 12.3. The van der Waals surface area contributed by atoms with E-state index in [1.54, 1.807) is 6.07 Å². The van der Waals surface area contributed by atoms with Gasteiger partial charge < -0.3 is 16.2 Å². The molecule has 1 aliphatic heterocycles. The van der Waals surface area contributed by atoms with Crippen LogP contribution in [0.5, 0.6) is 5.75 Å². The second-order valence-corrected chi connectivity index (χ2v) is 7.48. The van der Waals surface area contributed by atoms with E-state index in [-0.39, 0.29) is 11.6 Å². The first kappa shape index (κ1) is 20.2. The van der Waals surface area contributed by atoms with Crippen LogP contribution in [0.3, 0.4) is 0 Å². The minimum absolute atomic E-state index is 0.145. The second-order valence-electron chi connectivity index (χ2n) is 7.48. The predicted octanol–water partition coefficient (Wildman–Crippen LogP) is 3.98. The zero-order valence-electron chi connectivity index (χ0n) is 17.4. The van der Waals surface area contributed by atoms with Gasteiger partial charge in [0.25, 0.3) is 0 Å². The van der Waals surface area contributed by atoms with Gasteiger partial charge in [0.05, 0.1) is 11.4 Å². The van der Waals surface area contributed by atoms with Crippen LogP contribution in [0.2, 0.25) is 0 Å². The highest BCUT2D eigenvalue weighted by molar-refractivity contribution is 6.08. The van der Waals surface area contributed by atoms with E-state index in [4.69, 9.17) is 10.7 Å². The van der Waals surface area contributed by atoms with Gasteiger partial charge in [-0.05, 0) is 54.8 Å². The van der Waals surface area contributed by atoms with Gasteiger partial charge in [0, 0.05) is 17.7 Å². The Morgan fingerprint density at radius 1 is 1.10 bits per heavy atom. The fourth-order valence-corrected chi connectivity index (χ4v) is 3.59. The lowest BCUT2D eigenvalue weighted by Crippen LogP contribution is -2.45. The summed E-state index contributed by atoms with van der Waals surface area (Å²) < 4.78 is 0. The third-order valence-corrected chi connectivity index (χ3v) is 5.23. The molecule has 0 saturated carbocycles. The number of pyridine rings is 1. The Labute approximate surface area is 180 Å². The van der Waals surface area contributed by atoms with E-state index in [0.29, 0.717) is 23.5 Å². The average molecular weight is 413 g/mol. The van der Waals surface area contributed by atoms with Gasteiger partial charge in [-0.25, -0.2) is 9.78 Å². The number of amides is 2. The molecule has 0 saturated heterocycles. The summed E-state index contributed by atoms with van der Waals surface area (Å²) in [5.74, 6) is 0.313. The molecule has 7 nitrogen and oxygen atoms in total. The van der Waals surface area contributed by atoms with Crippen LogP contribution in [0, 0.1) is 13.8 Å². The van der Waals surface area contributed by atoms with Crippen molar-refractivity contribution >= 4 is 17.6 Å². The Bertz CT molecular complexity index is 1190. The molecular formula is C24H23N5O2. The standard InChI is InChI=1S/C24H23N5O2/c1-14-11-19(29-24(31)26-16(3)23(25)28-29)12-15(2)20(14)13-18-9-10-21(30)22(27-18)17-7-5-4-6-8-17/h4-12,30H,3,13H2,1-2H3,(H2,25,28)(H,26,31). The van der Waals surface area contributed by atoms with Crippen molar-refractivity contribution in [1.82, 2.24) is 10.3 Å². The third kappa shape index (κ3) is 3.98. The minimum atomic E-state index is -0.404. The molecule has 156 valence electrons. The number of carbonyl (C=O) groups excluding carboxylic acids is 1. The molecule has 31 heavy (non-hydrogen) atoms. The van der Waals surface area contributed by atoms with Gasteiger partial charge in [0.2, 0.25) is 0 Å². The van der Waals surface area contributed by atoms with Crippen LogP contribution in [-0.2, 0) is 6.42 Å². The van der Waals surface area contributed by atoms with E-state index in [1.165, 1.54) is 5.01 Å². The number of amidine groups is 1. The van der Waals surface area contributed by atoms with Crippen LogP contribution < -0.4 is 16.1 Å². The van der Waals surface area contributed by atoms with E-state index >= 15 is 0 Å². The van der Waals surface area contributed by atoms with Crippen LogP contribution in [-0.4, -0.2) is 22.0 Å². The van der Waals surface area contributed by atoms with Gasteiger partial charge in [-0.2, -0.15) is 5.01 Å². The Morgan fingerprint density at radius 3 is 2.45 bits per heavy atom. The molecule has 2 aromatic carbocycles.